The van der Waals surface area contributed by atoms with Crippen LogP contribution >= 0.6 is 11.3 Å². The third-order valence-electron chi connectivity index (χ3n) is 2.71. The quantitative estimate of drug-likeness (QED) is 0.784. The summed E-state index contributed by atoms with van der Waals surface area (Å²) in [5.74, 6) is 0.410. The molecule has 74 valence electrons. The molecule has 0 saturated heterocycles. The minimum Gasteiger partial charge on any atom is -0.388 e. The number of aliphatic hydroxyl groups excluding tert-OH is 1. The van der Waals surface area contributed by atoms with Gasteiger partial charge in [0.15, 0.2) is 0 Å². The highest BCUT2D eigenvalue weighted by Crippen LogP contribution is 2.31. The second kappa shape index (κ2) is 4.77. The Hall–Kier alpha value is -0.340. The van der Waals surface area contributed by atoms with Gasteiger partial charge in [0.2, 0.25) is 0 Å². The maximum atomic E-state index is 10.1. The lowest BCUT2D eigenvalue weighted by atomic mass is 9.92. The summed E-state index contributed by atoms with van der Waals surface area (Å²) in [6, 6.07) is 2.04. The zero-order valence-corrected chi connectivity index (χ0v) is 9.40. The Bertz CT molecular complexity index is 250. The molecule has 0 amide bonds. The van der Waals surface area contributed by atoms with E-state index in [9.17, 15) is 5.11 Å². The van der Waals surface area contributed by atoms with Crippen molar-refractivity contribution >= 4 is 11.3 Å². The maximum Gasteiger partial charge on any atom is 0.0828 e. The Morgan fingerprint density at radius 3 is 2.38 bits per heavy atom. The summed E-state index contributed by atoms with van der Waals surface area (Å²) in [6.45, 7) is 6.35. The summed E-state index contributed by atoms with van der Waals surface area (Å²) in [5, 5.41) is 12.1. The van der Waals surface area contributed by atoms with Gasteiger partial charge in [0.25, 0.3) is 0 Å². The monoisotopic (exact) mass is 198 g/mol. The molecule has 0 radical (unpaired) electrons. The highest BCUT2D eigenvalue weighted by atomic mass is 32.1. The SMILES string of the molecule is CCC(CC)C(O)c1ccsc1C. The average Bonchev–Trinajstić information content (AvgIpc) is 2.53. The van der Waals surface area contributed by atoms with E-state index in [1.54, 1.807) is 11.3 Å². The predicted molar refractivity (Wildman–Crippen MR) is 58.1 cm³/mol. The molecule has 1 aromatic rings. The first-order valence-corrected chi connectivity index (χ1v) is 5.80. The van der Waals surface area contributed by atoms with Crippen LogP contribution in [-0.2, 0) is 0 Å². The molecule has 0 aromatic carbocycles. The Morgan fingerprint density at radius 1 is 1.38 bits per heavy atom. The van der Waals surface area contributed by atoms with Crippen molar-refractivity contribution in [1.29, 1.82) is 0 Å². The standard InChI is InChI=1S/C11H18OS/c1-4-9(5-2)11(12)10-6-7-13-8(10)3/h6-7,9,11-12H,4-5H2,1-3H3. The Morgan fingerprint density at radius 2 is 2.00 bits per heavy atom. The topological polar surface area (TPSA) is 20.2 Å². The second-order valence-electron chi connectivity index (χ2n) is 3.45. The molecule has 0 aliphatic heterocycles. The number of hydrogen-bond acceptors (Lipinski definition) is 2. The van der Waals surface area contributed by atoms with Crippen molar-refractivity contribution < 1.29 is 5.11 Å². The van der Waals surface area contributed by atoms with Gasteiger partial charge in [0.05, 0.1) is 6.10 Å². The molecule has 1 nitrogen and oxygen atoms in total. The molecular weight excluding hydrogens is 180 g/mol. The van der Waals surface area contributed by atoms with E-state index in [0.29, 0.717) is 5.92 Å². The van der Waals surface area contributed by atoms with Crippen LogP contribution in [0.4, 0.5) is 0 Å². The lowest BCUT2D eigenvalue weighted by molar-refractivity contribution is 0.103. The van der Waals surface area contributed by atoms with E-state index in [2.05, 4.69) is 26.2 Å². The van der Waals surface area contributed by atoms with Crippen molar-refractivity contribution in [3.63, 3.8) is 0 Å². The predicted octanol–water partition coefficient (Wildman–Crippen LogP) is 3.53. The maximum absolute atomic E-state index is 10.1. The van der Waals surface area contributed by atoms with Crippen LogP contribution in [0.3, 0.4) is 0 Å². The largest absolute Gasteiger partial charge is 0.388 e. The summed E-state index contributed by atoms with van der Waals surface area (Å²) in [6.07, 6.45) is 1.83. The van der Waals surface area contributed by atoms with Crippen LogP contribution in [0.1, 0.15) is 43.2 Å². The summed E-state index contributed by atoms with van der Waals surface area (Å²) in [5.41, 5.74) is 1.12. The van der Waals surface area contributed by atoms with E-state index < -0.39 is 0 Å². The van der Waals surface area contributed by atoms with Gasteiger partial charge in [0.1, 0.15) is 0 Å². The van der Waals surface area contributed by atoms with Gasteiger partial charge in [-0.15, -0.1) is 11.3 Å². The Balaban J connectivity index is 2.77. The van der Waals surface area contributed by atoms with Gasteiger partial charge in [0, 0.05) is 4.88 Å². The van der Waals surface area contributed by atoms with E-state index in [-0.39, 0.29) is 6.10 Å². The van der Waals surface area contributed by atoms with Crippen molar-refractivity contribution in [1.82, 2.24) is 0 Å². The van der Waals surface area contributed by atoms with Gasteiger partial charge in [-0.25, -0.2) is 0 Å². The summed E-state index contributed by atoms with van der Waals surface area (Å²) < 4.78 is 0. The molecule has 1 aromatic heterocycles. The van der Waals surface area contributed by atoms with Gasteiger partial charge in [-0.3, -0.25) is 0 Å². The molecule has 1 N–H and O–H groups in total. The molecule has 0 saturated carbocycles. The number of hydrogen-bond donors (Lipinski definition) is 1. The summed E-state index contributed by atoms with van der Waals surface area (Å²) >= 11 is 1.71. The van der Waals surface area contributed by atoms with Crippen LogP contribution in [0.15, 0.2) is 11.4 Å². The van der Waals surface area contributed by atoms with Gasteiger partial charge in [-0.1, -0.05) is 26.7 Å². The molecule has 0 aliphatic carbocycles. The molecule has 13 heavy (non-hydrogen) atoms. The van der Waals surface area contributed by atoms with Gasteiger partial charge < -0.3 is 5.11 Å². The third-order valence-corrected chi connectivity index (χ3v) is 3.57. The number of aryl methyl sites for hydroxylation is 1. The first kappa shape index (κ1) is 10.7. The Labute approximate surface area is 84.4 Å². The molecule has 0 aliphatic rings. The highest BCUT2D eigenvalue weighted by molar-refractivity contribution is 7.10. The molecule has 1 unspecified atom stereocenters. The average molecular weight is 198 g/mol. The summed E-state index contributed by atoms with van der Waals surface area (Å²) in [7, 11) is 0. The minimum atomic E-state index is -0.263. The summed E-state index contributed by atoms with van der Waals surface area (Å²) in [4.78, 5) is 1.25. The number of thiophene rings is 1. The van der Waals surface area contributed by atoms with Crippen LogP contribution in [-0.4, -0.2) is 5.11 Å². The van der Waals surface area contributed by atoms with E-state index in [0.717, 1.165) is 18.4 Å². The number of aliphatic hydroxyl groups is 1. The second-order valence-corrected chi connectivity index (χ2v) is 4.57. The fraction of sp³-hybridized carbons (Fsp3) is 0.636. The normalized spacial score (nSPS) is 13.6. The van der Waals surface area contributed by atoms with E-state index >= 15 is 0 Å². The van der Waals surface area contributed by atoms with Crippen LogP contribution in [0.5, 0.6) is 0 Å². The van der Waals surface area contributed by atoms with Crippen LogP contribution in [0, 0.1) is 12.8 Å². The van der Waals surface area contributed by atoms with Crippen molar-refractivity contribution in [2.45, 2.75) is 39.7 Å². The molecular formula is C11H18OS. The molecule has 2 heteroatoms. The fourth-order valence-corrected chi connectivity index (χ4v) is 2.43. The van der Waals surface area contributed by atoms with Crippen molar-refractivity contribution in [2.75, 3.05) is 0 Å². The zero-order valence-electron chi connectivity index (χ0n) is 8.58. The first-order chi connectivity index (χ1) is 6.20. The third kappa shape index (κ3) is 2.32. The fourth-order valence-electron chi connectivity index (χ4n) is 1.69. The molecule has 1 rings (SSSR count). The van der Waals surface area contributed by atoms with Crippen molar-refractivity contribution in [3.8, 4) is 0 Å². The highest BCUT2D eigenvalue weighted by Gasteiger charge is 2.19. The van der Waals surface area contributed by atoms with Crippen LogP contribution in [0.25, 0.3) is 0 Å². The van der Waals surface area contributed by atoms with Gasteiger partial charge >= 0.3 is 0 Å². The van der Waals surface area contributed by atoms with Crippen molar-refractivity contribution in [3.05, 3.63) is 21.9 Å². The van der Waals surface area contributed by atoms with Crippen LogP contribution in [0.2, 0.25) is 0 Å². The van der Waals surface area contributed by atoms with E-state index in [4.69, 9.17) is 0 Å². The van der Waals surface area contributed by atoms with E-state index in [1.807, 2.05) is 6.07 Å². The minimum absolute atomic E-state index is 0.263. The molecule has 0 bridgehead atoms. The smallest absolute Gasteiger partial charge is 0.0828 e. The molecule has 1 heterocycles. The number of rotatable bonds is 4. The van der Waals surface area contributed by atoms with Gasteiger partial charge in [-0.2, -0.15) is 0 Å². The van der Waals surface area contributed by atoms with Gasteiger partial charge in [-0.05, 0) is 29.9 Å². The molecule has 0 spiro atoms. The lowest BCUT2D eigenvalue weighted by Gasteiger charge is -2.19. The molecule has 1 atom stereocenters. The van der Waals surface area contributed by atoms with Crippen molar-refractivity contribution in [2.24, 2.45) is 5.92 Å². The first-order valence-electron chi connectivity index (χ1n) is 4.92. The Kier molecular flexibility index (Phi) is 3.94. The van der Waals surface area contributed by atoms with Crippen LogP contribution < -0.4 is 0 Å². The molecule has 0 fully saturated rings. The van der Waals surface area contributed by atoms with E-state index in [1.165, 1.54) is 4.88 Å². The zero-order chi connectivity index (χ0) is 9.84. The lowest BCUT2D eigenvalue weighted by Crippen LogP contribution is -2.10.